The number of esters is 1. The largest absolute Gasteiger partial charge is 0.454 e. The maximum absolute atomic E-state index is 13.3. The Labute approximate surface area is 178 Å². The van der Waals surface area contributed by atoms with Gasteiger partial charge in [0.15, 0.2) is 17.6 Å². The molecular formula is C23H21N3O5. The summed E-state index contributed by atoms with van der Waals surface area (Å²) in [6, 6.07) is 17.2. The van der Waals surface area contributed by atoms with E-state index in [2.05, 4.69) is 5.10 Å². The van der Waals surface area contributed by atoms with Gasteiger partial charge in [-0.05, 0) is 35.9 Å². The molecule has 0 N–H and O–H groups in total. The lowest BCUT2D eigenvalue weighted by Crippen LogP contribution is -2.38. The number of benzene rings is 2. The van der Waals surface area contributed by atoms with Crippen LogP contribution in [0.2, 0.25) is 0 Å². The van der Waals surface area contributed by atoms with Gasteiger partial charge in [-0.15, -0.1) is 0 Å². The first-order valence-corrected chi connectivity index (χ1v) is 10.1. The quantitative estimate of drug-likeness (QED) is 0.572. The molecule has 8 heteroatoms. The summed E-state index contributed by atoms with van der Waals surface area (Å²) in [7, 11) is 0. The minimum absolute atomic E-state index is 0.190. The Hall–Kier alpha value is -3.81. The minimum Gasteiger partial charge on any atom is -0.454 e. The summed E-state index contributed by atoms with van der Waals surface area (Å²) >= 11 is 0. The molecule has 3 heterocycles. The van der Waals surface area contributed by atoms with Gasteiger partial charge in [0.1, 0.15) is 0 Å². The lowest BCUT2D eigenvalue weighted by atomic mass is 10.1. The summed E-state index contributed by atoms with van der Waals surface area (Å²) in [6.45, 7) is 0.843. The van der Waals surface area contributed by atoms with Crippen LogP contribution in [0.1, 0.15) is 24.1 Å². The van der Waals surface area contributed by atoms with Crippen molar-refractivity contribution in [3.8, 4) is 17.2 Å². The maximum Gasteiger partial charge on any atom is 0.306 e. The SMILES string of the molecule is O=C1CC[C@@H](C(=O)N(Cc2ccc3c(c2)OCO3)Cc2ccnn2-c2ccccc2)O1. The Morgan fingerprint density at radius 1 is 1.06 bits per heavy atom. The number of hydrogen-bond acceptors (Lipinski definition) is 6. The number of cyclic esters (lactones) is 1. The van der Waals surface area contributed by atoms with Crippen molar-refractivity contribution in [1.82, 2.24) is 14.7 Å². The molecule has 1 fully saturated rings. The average molecular weight is 419 g/mol. The lowest BCUT2D eigenvalue weighted by molar-refractivity contribution is -0.153. The van der Waals surface area contributed by atoms with Crippen LogP contribution in [0.4, 0.5) is 0 Å². The van der Waals surface area contributed by atoms with E-state index in [1.807, 2.05) is 54.6 Å². The maximum atomic E-state index is 13.3. The van der Waals surface area contributed by atoms with E-state index in [0.29, 0.717) is 31.0 Å². The molecule has 2 aliphatic rings. The topological polar surface area (TPSA) is 82.9 Å². The van der Waals surface area contributed by atoms with Crippen molar-refractivity contribution in [1.29, 1.82) is 0 Å². The van der Waals surface area contributed by atoms with Gasteiger partial charge in [-0.3, -0.25) is 9.59 Å². The highest BCUT2D eigenvalue weighted by molar-refractivity contribution is 5.86. The third kappa shape index (κ3) is 3.96. The van der Waals surface area contributed by atoms with E-state index >= 15 is 0 Å². The fourth-order valence-corrected chi connectivity index (χ4v) is 3.82. The normalized spacial score (nSPS) is 16.9. The first-order chi connectivity index (χ1) is 15.2. The summed E-state index contributed by atoms with van der Waals surface area (Å²) < 4.78 is 17.9. The second kappa shape index (κ2) is 8.14. The lowest BCUT2D eigenvalue weighted by Gasteiger charge is -2.25. The Kier molecular flexibility index (Phi) is 5.03. The number of para-hydroxylation sites is 1. The summed E-state index contributed by atoms with van der Waals surface area (Å²) in [5, 5.41) is 4.42. The second-order valence-corrected chi connectivity index (χ2v) is 7.47. The molecule has 0 saturated carbocycles. The zero-order valence-electron chi connectivity index (χ0n) is 16.8. The van der Waals surface area contributed by atoms with E-state index < -0.39 is 6.10 Å². The van der Waals surface area contributed by atoms with Gasteiger partial charge in [-0.1, -0.05) is 24.3 Å². The minimum atomic E-state index is -0.755. The molecule has 2 aromatic carbocycles. The smallest absolute Gasteiger partial charge is 0.306 e. The zero-order chi connectivity index (χ0) is 21.2. The molecule has 8 nitrogen and oxygen atoms in total. The van der Waals surface area contributed by atoms with Crippen LogP contribution in [0.25, 0.3) is 5.69 Å². The van der Waals surface area contributed by atoms with Gasteiger partial charge in [0, 0.05) is 25.6 Å². The Morgan fingerprint density at radius 2 is 1.90 bits per heavy atom. The Bertz CT molecular complexity index is 1110. The van der Waals surface area contributed by atoms with E-state index in [4.69, 9.17) is 14.2 Å². The molecule has 1 amide bonds. The number of rotatable bonds is 6. The van der Waals surface area contributed by atoms with Gasteiger partial charge in [0.05, 0.1) is 17.9 Å². The van der Waals surface area contributed by atoms with Crippen molar-refractivity contribution < 1.29 is 23.8 Å². The van der Waals surface area contributed by atoms with Crippen LogP contribution in [0, 0.1) is 0 Å². The van der Waals surface area contributed by atoms with Gasteiger partial charge in [0.25, 0.3) is 5.91 Å². The highest BCUT2D eigenvalue weighted by atomic mass is 16.7. The van der Waals surface area contributed by atoms with Gasteiger partial charge in [-0.25, -0.2) is 4.68 Å². The molecule has 31 heavy (non-hydrogen) atoms. The molecule has 1 saturated heterocycles. The van der Waals surface area contributed by atoms with Crippen LogP contribution >= 0.6 is 0 Å². The Morgan fingerprint density at radius 3 is 2.71 bits per heavy atom. The highest BCUT2D eigenvalue weighted by Gasteiger charge is 2.33. The summed E-state index contributed by atoms with van der Waals surface area (Å²) in [4.78, 5) is 26.5. The molecule has 5 rings (SSSR count). The molecule has 0 radical (unpaired) electrons. The number of carbonyl (C=O) groups excluding carboxylic acids is 2. The average Bonchev–Trinajstić information content (AvgIpc) is 3.54. The number of amides is 1. The van der Waals surface area contributed by atoms with Gasteiger partial charge < -0.3 is 19.1 Å². The zero-order valence-corrected chi connectivity index (χ0v) is 16.8. The third-order valence-electron chi connectivity index (χ3n) is 5.36. The highest BCUT2D eigenvalue weighted by Crippen LogP contribution is 2.33. The molecule has 0 unspecified atom stereocenters. The third-order valence-corrected chi connectivity index (χ3v) is 5.36. The van der Waals surface area contributed by atoms with Crippen molar-refractivity contribution in [3.05, 3.63) is 72.1 Å². The number of ether oxygens (including phenoxy) is 3. The molecule has 1 aromatic heterocycles. The molecule has 3 aromatic rings. The van der Waals surface area contributed by atoms with Crippen LogP contribution in [-0.2, 0) is 27.4 Å². The number of aromatic nitrogens is 2. The number of nitrogens with zero attached hydrogens (tertiary/aromatic N) is 3. The Balaban J connectivity index is 1.43. The fourth-order valence-electron chi connectivity index (χ4n) is 3.82. The van der Waals surface area contributed by atoms with Crippen molar-refractivity contribution in [2.45, 2.75) is 32.0 Å². The molecule has 0 aliphatic carbocycles. The van der Waals surface area contributed by atoms with E-state index in [0.717, 1.165) is 16.9 Å². The van der Waals surface area contributed by atoms with Crippen LogP contribution in [0.15, 0.2) is 60.8 Å². The predicted octanol–water partition coefficient (Wildman–Crippen LogP) is 2.84. The summed E-state index contributed by atoms with van der Waals surface area (Å²) in [5.41, 5.74) is 2.66. The van der Waals surface area contributed by atoms with Crippen LogP contribution in [0.5, 0.6) is 11.5 Å². The molecule has 1 atom stereocenters. The van der Waals surface area contributed by atoms with Crippen molar-refractivity contribution >= 4 is 11.9 Å². The molecule has 0 bridgehead atoms. The van der Waals surface area contributed by atoms with Gasteiger partial charge in [-0.2, -0.15) is 5.10 Å². The second-order valence-electron chi connectivity index (χ2n) is 7.47. The molecule has 0 spiro atoms. The van der Waals surface area contributed by atoms with Crippen LogP contribution < -0.4 is 9.47 Å². The standard InChI is InChI=1S/C23H21N3O5/c27-22-9-8-20(31-22)23(28)25(13-16-6-7-19-21(12-16)30-15-29-19)14-18-10-11-24-26(18)17-4-2-1-3-5-17/h1-7,10-12,20H,8-9,13-15H2/t20-/m0/s1. The number of fused-ring (bicyclic) bond motifs is 1. The van der Waals surface area contributed by atoms with Crippen molar-refractivity contribution in [2.24, 2.45) is 0 Å². The predicted molar refractivity (Wildman–Crippen MR) is 109 cm³/mol. The number of carbonyl (C=O) groups is 2. The summed E-state index contributed by atoms with van der Waals surface area (Å²) in [6.07, 6.45) is 1.61. The molecular weight excluding hydrogens is 398 g/mol. The van der Waals surface area contributed by atoms with E-state index in [-0.39, 0.29) is 25.1 Å². The van der Waals surface area contributed by atoms with E-state index in [1.54, 1.807) is 15.8 Å². The first-order valence-electron chi connectivity index (χ1n) is 10.1. The van der Waals surface area contributed by atoms with Gasteiger partial charge >= 0.3 is 5.97 Å². The van der Waals surface area contributed by atoms with Crippen molar-refractivity contribution in [2.75, 3.05) is 6.79 Å². The van der Waals surface area contributed by atoms with Crippen LogP contribution in [-0.4, -0.2) is 39.5 Å². The van der Waals surface area contributed by atoms with Gasteiger partial charge in [0.2, 0.25) is 6.79 Å². The van der Waals surface area contributed by atoms with Crippen LogP contribution in [0.3, 0.4) is 0 Å². The monoisotopic (exact) mass is 419 g/mol. The number of hydrogen-bond donors (Lipinski definition) is 0. The summed E-state index contributed by atoms with van der Waals surface area (Å²) in [5.74, 6) is 0.792. The molecule has 2 aliphatic heterocycles. The fraction of sp³-hybridized carbons (Fsp3) is 0.261. The van der Waals surface area contributed by atoms with E-state index in [1.165, 1.54) is 0 Å². The first kappa shape index (κ1) is 19.2. The van der Waals surface area contributed by atoms with E-state index in [9.17, 15) is 9.59 Å². The van der Waals surface area contributed by atoms with Crippen molar-refractivity contribution in [3.63, 3.8) is 0 Å². The molecule has 158 valence electrons.